The number of amides is 4. The fourth-order valence-corrected chi connectivity index (χ4v) is 2.97. The molecule has 1 aromatic rings. The quantitative estimate of drug-likeness (QED) is 0.779. The molecule has 1 saturated heterocycles. The van der Waals surface area contributed by atoms with E-state index in [-0.39, 0.29) is 5.91 Å². The lowest BCUT2D eigenvalue weighted by Crippen LogP contribution is -2.50. The van der Waals surface area contributed by atoms with E-state index in [0.29, 0.717) is 18.4 Å². The third-order valence-electron chi connectivity index (χ3n) is 3.93. The van der Waals surface area contributed by atoms with E-state index < -0.39 is 17.5 Å². The minimum atomic E-state index is -0.954. The predicted octanol–water partition coefficient (Wildman–Crippen LogP) is 1.69. The highest BCUT2D eigenvalue weighted by Gasteiger charge is 2.56. The van der Waals surface area contributed by atoms with Crippen LogP contribution in [0.15, 0.2) is 30.3 Å². The minimum absolute atomic E-state index is 0.334. The highest BCUT2D eigenvalue weighted by Crippen LogP contribution is 2.39. The normalized spacial score (nSPS) is 20.9. The van der Waals surface area contributed by atoms with Gasteiger partial charge in [0.25, 0.3) is 11.8 Å². The molecule has 0 bridgehead atoms. The Bertz CT molecular complexity index is 547. The molecule has 1 aromatic carbocycles. The Morgan fingerprint density at radius 2 is 1.74 bits per heavy atom. The number of carbonyl (C=O) groups excluding carboxylic acids is 3. The van der Waals surface area contributed by atoms with Gasteiger partial charge in [0, 0.05) is 5.56 Å². The van der Waals surface area contributed by atoms with Gasteiger partial charge in [0.1, 0.15) is 5.54 Å². The number of benzene rings is 1. The van der Waals surface area contributed by atoms with Crippen molar-refractivity contribution in [1.82, 2.24) is 10.2 Å². The first-order chi connectivity index (χ1) is 9.15. The molecule has 0 aromatic heterocycles. The van der Waals surface area contributed by atoms with Gasteiger partial charge in [-0.25, -0.2) is 9.69 Å². The monoisotopic (exact) mass is 258 g/mol. The summed E-state index contributed by atoms with van der Waals surface area (Å²) in [5, 5.41) is 2.28. The fraction of sp³-hybridized carbons (Fsp3) is 0.357. The third kappa shape index (κ3) is 1.65. The van der Waals surface area contributed by atoms with Crippen molar-refractivity contribution in [1.29, 1.82) is 0 Å². The van der Waals surface area contributed by atoms with Crippen LogP contribution in [-0.4, -0.2) is 28.3 Å². The SMILES string of the molecule is O=C1NC(=O)C2(CCCC2)N1C(=O)c1ccccc1. The second-order valence-electron chi connectivity index (χ2n) is 5.00. The van der Waals surface area contributed by atoms with Crippen molar-refractivity contribution in [3.8, 4) is 0 Å². The second-order valence-corrected chi connectivity index (χ2v) is 5.00. The van der Waals surface area contributed by atoms with Gasteiger partial charge in [0.15, 0.2) is 0 Å². The highest BCUT2D eigenvalue weighted by atomic mass is 16.2. The van der Waals surface area contributed by atoms with E-state index in [1.165, 1.54) is 0 Å². The van der Waals surface area contributed by atoms with E-state index in [2.05, 4.69) is 5.32 Å². The van der Waals surface area contributed by atoms with Gasteiger partial charge in [0.2, 0.25) is 0 Å². The standard InChI is InChI=1S/C14H14N2O3/c17-11(10-6-2-1-3-7-10)16-13(19)15-12(18)14(16)8-4-5-9-14/h1-3,6-7H,4-5,8-9H2,(H,15,18,19). The highest BCUT2D eigenvalue weighted by molar-refractivity contribution is 6.17. The van der Waals surface area contributed by atoms with Crippen molar-refractivity contribution in [2.45, 2.75) is 31.2 Å². The van der Waals surface area contributed by atoms with Crippen LogP contribution in [0.3, 0.4) is 0 Å². The van der Waals surface area contributed by atoms with Gasteiger partial charge in [-0.05, 0) is 25.0 Å². The van der Waals surface area contributed by atoms with Gasteiger partial charge in [-0.1, -0.05) is 31.0 Å². The zero-order valence-corrected chi connectivity index (χ0v) is 10.4. The molecule has 5 nitrogen and oxygen atoms in total. The average molecular weight is 258 g/mol. The number of carbonyl (C=O) groups is 3. The summed E-state index contributed by atoms with van der Waals surface area (Å²) in [6, 6.07) is 7.99. The summed E-state index contributed by atoms with van der Waals surface area (Å²) >= 11 is 0. The maximum absolute atomic E-state index is 12.5. The van der Waals surface area contributed by atoms with E-state index in [1.54, 1.807) is 30.3 Å². The van der Waals surface area contributed by atoms with Crippen LogP contribution in [0.5, 0.6) is 0 Å². The fourth-order valence-electron chi connectivity index (χ4n) is 2.97. The summed E-state index contributed by atoms with van der Waals surface area (Å²) in [4.78, 5) is 37.6. The lowest BCUT2D eigenvalue weighted by molar-refractivity contribution is -0.125. The van der Waals surface area contributed by atoms with Gasteiger partial charge in [-0.2, -0.15) is 0 Å². The van der Waals surface area contributed by atoms with Crippen LogP contribution in [0.1, 0.15) is 36.0 Å². The first-order valence-corrected chi connectivity index (χ1v) is 6.40. The van der Waals surface area contributed by atoms with Crippen LogP contribution in [0.4, 0.5) is 4.79 Å². The van der Waals surface area contributed by atoms with Crippen LogP contribution in [0.2, 0.25) is 0 Å². The Hall–Kier alpha value is -2.17. The lowest BCUT2D eigenvalue weighted by Gasteiger charge is -2.29. The van der Waals surface area contributed by atoms with Crippen LogP contribution < -0.4 is 5.32 Å². The first kappa shape index (κ1) is 11.9. The van der Waals surface area contributed by atoms with E-state index >= 15 is 0 Å². The molecule has 1 heterocycles. The van der Waals surface area contributed by atoms with Crippen molar-refractivity contribution >= 4 is 17.8 Å². The molecule has 2 fully saturated rings. The molecule has 2 aliphatic rings. The van der Waals surface area contributed by atoms with Gasteiger partial charge in [0.05, 0.1) is 0 Å². The first-order valence-electron chi connectivity index (χ1n) is 6.40. The topological polar surface area (TPSA) is 66.5 Å². The van der Waals surface area contributed by atoms with Crippen molar-refractivity contribution < 1.29 is 14.4 Å². The molecule has 19 heavy (non-hydrogen) atoms. The van der Waals surface area contributed by atoms with Crippen molar-refractivity contribution in [3.05, 3.63) is 35.9 Å². The van der Waals surface area contributed by atoms with E-state index in [4.69, 9.17) is 0 Å². The van der Waals surface area contributed by atoms with Gasteiger partial charge >= 0.3 is 6.03 Å². The molecule has 1 aliphatic carbocycles. The number of hydrogen-bond acceptors (Lipinski definition) is 3. The maximum atomic E-state index is 12.5. The molecule has 0 atom stereocenters. The number of hydrogen-bond donors (Lipinski definition) is 1. The van der Waals surface area contributed by atoms with Crippen molar-refractivity contribution in [2.24, 2.45) is 0 Å². The smallest absolute Gasteiger partial charge is 0.275 e. The number of nitrogens with zero attached hydrogens (tertiary/aromatic N) is 1. The molecule has 98 valence electrons. The molecule has 1 saturated carbocycles. The Labute approximate surface area is 110 Å². The Morgan fingerprint density at radius 3 is 2.37 bits per heavy atom. The lowest BCUT2D eigenvalue weighted by atomic mass is 9.95. The summed E-state index contributed by atoms with van der Waals surface area (Å²) in [6.07, 6.45) is 2.84. The molecular formula is C14H14N2O3. The van der Waals surface area contributed by atoms with Crippen LogP contribution >= 0.6 is 0 Å². The molecular weight excluding hydrogens is 244 g/mol. The molecule has 3 rings (SSSR count). The second kappa shape index (κ2) is 4.19. The zero-order chi connectivity index (χ0) is 13.5. The van der Waals surface area contributed by atoms with Gasteiger partial charge < -0.3 is 0 Å². The molecule has 4 amide bonds. The number of urea groups is 1. The Morgan fingerprint density at radius 1 is 1.11 bits per heavy atom. The van der Waals surface area contributed by atoms with Crippen LogP contribution in [0, 0.1) is 0 Å². The summed E-state index contributed by atoms with van der Waals surface area (Å²) in [7, 11) is 0. The molecule has 1 spiro atoms. The molecule has 0 unspecified atom stereocenters. The summed E-state index contributed by atoms with van der Waals surface area (Å²) < 4.78 is 0. The van der Waals surface area contributed by atoms with Crippen molar-refractivity contribution in [2.75, 3.05) is 0 Å². The molecule has 5 heteroatoms. The Kier molecular flexibility index (Phi) is 2.62. The summed E-state index contributed by atoms with van der Waals surface area (Å²) in [5.41, 5.74) is -0.525. The molecule has 1 N–H and O–H groups in total. The Balaban J connectivity index is 2.00. The van der Waals surface area contributed by atoms with E-state index in [9.17, 15) is 14.4 Å². The van der Waals surface area contributed by atoms with E-state index in [0.717, 1.165) is 17.7 Å². The third-order valence-corrected chi connectivity index (χ3v) is 3.93. The van der Waals surface area contributed by atoms with E-state index in [1.807, 2.05) is 0 Å². The minimum Gasteiger partial charge on any atom is -0.275 e. The predicted molar refractivity (Wildman–Crippen MR) is 67.3 cm³/mol. The number of rotatable bonds is 1. The number of nitrogens with one attached hydrogen (secondary N) is 1. The molecule has 1 aliphatic heterocycles. The van der Waals surface area contributed by atoms with Gasteiger partial charge in [-0.15, -0.1) is 0 Å². The van der Waals surface area contributed by atoms with Gasteiger partial charge in [-0.3, -0.25) is 14.9 Å². The van der Waals surface area contributed by atoms with Crippen molar-refractivity contribution in [3.63, 3.8) is 0 Å². The van der Waals surface area contributed by atoms with Crippen LogP contribution in [0.25, 0.3) is 0 Å². The zero-order valence-electron chi connectivity index (χ0n) is 10.4. The average Bonchev–Trinajstić information content (AvgIpc) is 2.98. The largest absolute Gasteiger partial charge is 0.332 e. The molecule has 0 radical (unpaired) electrons. The summed E-state index contributed by atoms with van der Waals surface area (Å²) in [6.45, 7) is 0. The number of imide groups is 2. The van der Waals surface area contributed by atoms with Crippen LogP contribution in [-0.2, 0) is 4.79 Å². The maximum Gasteiger partial charge on any atom is 0.332 e. The summed E-state index contributed by atoms with van der Waals surface area (Å²) in [5.74, 6) is -0.731.